The third-order valence-corrected chi connectivity index (χ3v) is 8.95. The summed E-state index contributed by atoms with van der Waals surface area (Å²) in [6.07, 6.45) is -1.10. The van der Waals surface area contributed by atoms with Crippen molar-refractivity contribution in [3.8, 4) is 17.1 Å². The van der Waals surface area contributed by atoms with Gasteiger partial charge in [0.05, 0.1) is 41.1 Å². The summed E-state index contributed by atoms with van der Waals surface area (Å²) >= 11 is 5.93. The number of hydrogen-bond acceptors (Lipinski definition) is 6. The molecule has 1 atom stereocenters. The molecular formula is C31H33ClF3N5O2. The number of benzene rings is 1. The molecule has 1 N–H and O–H groups in total. The first-order valence-electron chi connectivity index (χ1n) is 14.4. The quantitative estimate of drug-likeness (QED) is 0.392. The van der Waals surface area contributed by atoms with E-state index in [4.69, 9.17) is 21.3 Å². The minimum Gasteiger partial charge on any atom is -0.477 e. The fraction of sp³-hybridized carbons (Fsp3) is 0.452. The highest BCUT2D eigenvalue weighted by atomic mass is 35.5. The van der Waals surface area contributed by atoms with Crippen LogP contribution in [0.5, 0.6) is 5.88 Å². The van der Waals surface area contributed by atoms with Gasteiger partial charge in [-0.1, -0.05) is 17.7 Å². The Morgan fingerprint density at radius 2 is 1.98 bits per heavy atom. The van der Waals surface area contributed by atoms with Crippen molar-refractivity contribution in [3.05, 3.63) is 70.5 Å². The molecule has 1 amide bonds. The van der Waals surface area contributed by atoms with Gasteiger partial charge in [-0.05, 0) is 87.2 Å². The van der Waals surface area contributed by atoms with Crippen LogP contribution in [0.15, 0.2) is 48.7 Å². The van der Waals surface area contributed by atoms with Crippen molar-refractivity contribution in [3.63, 3.8) is 0 Å². The molecule has 3 aliphatic rings. The molecule has 3 aromatic rings. The Hall–Kier alpha value is -3.37. The maximum atomic E-state index is 14.3. The lowest BCUT2D eigenvalue weighted by Crippen LogP contribution is -2.57. The molecule has 7 nitrogen and oxygen atoms in total. The number of anilines is 1. The summed E-state index contributed by atoms with van der Waals surface area (Å²) in [5.41, 5.74) is 1.65. The molecule has 3 aliphatic heterocycles. The molecule has 11 heteroatoms. The Bertz CT molecular complexity index is 1470. The number of alkyl halides is 3. The van der Waals surface area contributed by atoms with Gasteiger partial charge in [-0.2, -0.15) is 13.2 Å². The van der Waals surface area contributed by atoms with Crippen molar-refractivity contribution in [2.45, 2.75) is 44.3 Å². The lowest BCUT2D eigenvalue weighted by molar-refractivity contribution is -0.141. The number of nitrogens with one attached hydrogen (secondary N) is 1. The number of nitrogens with zero attached hydrogens (tertiary/aromatic N) is 4. The van der Waals surface area contributed by atoms with Gasteiger partial charge in [0.25, 0.3) is 0 Å². The van der Waals surface area contributed by atoms with Gasteiger partial charge in [-0.25, -0.2) is 4.98 Å². The normalized spacial score (nSPS) is 20.2. The summed E-state index contributed by atoms with van der Waals surface area (Å²) < 4.78 is 47.5. The molecule has 2 fully saturated rings. The number of ether oxygens (including phenoxy) is 1. The van der Waals surface area contributed by atoms with Crippen molar-refractivity contribution >= 4 is 23.2 Å². The molecule has 42 heavy (non-hydrogen) atoms. The van der Waals surface area contributed by atoms with Gasteiger partial charge >= 0.3 is 6.18 Å². The number of hydrogen-bond donors (Lipinski definition) is 1. The first-order chi connectivity index (χ1) is 20.2. The van der Waals surface area contributed by atoms with E-state index in [1.54, 1.807) is 11.1 Å². The van der Waals surface area contributed by atoms with Crippen LogP contribution in [0.2, 0.25) is 5.02 Å². The van der Waals surface area contributed by atoms with E-state index in [0.717, 1.165) is 42.4 Å². The van der Waals surface area contributed by atoms with Gasteiger partial charge in [0.15, 0.2) is 0 Å². The number of piperidine rings is 1. The van der Waals surface area contributed by atoms with Crippen LogP contribution in [-0.2, 0) is 22.9 Å². The van der Waals surface area contributed by atoms with Gasteiger partial charge in [-0.15, -0.1) is 0 Å². The molecule has 2 saturated heterocycles. The number of fused-ring (bicyclic) bond motifs is 2. The van der Waals surface area contributed by atoms with Crippen LogP contribution < -0.4 is 15.0 Å². The molecular weight excluding hydrogens is 567 g/mol. The highest BCUT2D eigenvalue weighted by Crippen LogP contribution is 2.46. The fourth-order valence-corrected chi connectivity index (χ4v) is 6.84. The maximum absolute atomic E-state index is 14.3. The van der Waals surface area contributed by atoms with Crippen molar-refractivity contribution in [1.82, 2.24) is 20.2 Å². The van der Waals surface area contributed by atoms with Gasteiger partial charge in [0, 0.05) is 36.5 Å². The molecule has 0 radical (unpaired) electrons. The minimum absolute atomic E-state index is 0.0379. The van der Waals surface area contributed by atoms with E-state index in [1.165, 1.54) is 12.1 Å². The highest BCUT2D eigenvalue weighted by Gasteiger charge is 2.50. The van der Waals surface area contributed by atoms with E-state index >= 15 is 0 Å². The maximum Gasteiger partial charge on any atom is 0.418 e. The van der Waals surface area contributed by atoms with Crippen LogP contribution in [0.25, 0.3) is 11.3 Å². The van der Waals surface area contributed by atoms with E-state index in [2.05, 4.69) is 10.3 Å². The first-order valence-corrected chi connectivity index (χ1v) is 14.8. The second kappa shape index (κ2) is 11.4. The number of halogens is 4. The third-order valence-electron chi connectivity index (χ3n) is 8.72. The second-order valence-electron chi connectivity index (χ2n) is 11.3. The number of amides is 1. The van der Waals surface area contributed by atoms with Crippen LogP contribution in [0.1, 0.15) is 43.0 Å². The lowest BCUT2D eigenvalue weighted by Gasteiger charge is -2.48. The van der Waals surface area contributed by atoms with Gasteiger partial charge in [0.2, 0.25) is 11.8 Å². The van der Waals surface area contributed by atoms with E-state index in [-0.39, 0.29) is 16.6 Å². The Balaban J connectivity index is 1.36. The average molecular weight is 600 g/mol. The summed E-state index contributed by atoms with van der Waals surface area (Å²) in [5, 5.41) is 3.42. The summed E-state index contributed by atoms with van der Waals surface area (Å²) in [7, 11) is 0. The van der Waals surface area contributed by atoms with E-state index in [1.807, 2.05) is 36.1 Å². The van der Waals surface area contributed by atoms with Gasteiger partial charge in [-0.3, -0.25) is 9.78 Å². The number of rotatable bonds is 6. The molecule has 0 aliphatic carbocycles. The zero-order chi connectivity index (χ0) is 29.5. The summed E-state index contributed by atoms with van der Waals surface area (Å²) in [4.78, 5) is 27.4. The molecule has 6 rings (SSSR count). The Kier molecular flexibility index (Phi) is 7.78. The predicted molar refractivity (Wildman–Crippen MR) is 155 cm³/mol. The first kappa shape index (κ1) is 28.7. The molecule has 0 bridgehead atoms. The van der Waals surface area contributed by atoms with Crippen LogP contribution in [0, 0.1) is 5.92 Å². The Morgan fingerprint density at radius 3 is 2.69 bits per heavy atom. The number of carbonyl (C=O) groups excluding carboxylic acids is 1. The van der Waals surface area contributed by atoms with E-state index < -0.39 is 17.2 Å². The molecule has 0 unspecified atom stereocenters. The standard InChI is InChI=1S/C31H33ClF3N5O2/c1-2-42-28-22(4-3-12-37-28)25-7-6-23-26(38-25)19-40(18-20-9-13-36-17-20)29(41)30(23)10-14-39(15-11-30)27-8-5-21(32)16-24(27)31(33,34)35/h3-8,12,16,20,36H,2,9-11,13-15,17-19H2,1H3/t20-/m0/s1. The van der Waals surface area contributed by atoms with E-state index in [0.29, 0.717) is 63.1 Å². The monoisotopic (exact) mass is 599 g/mol. The second-order valence-corrected chi connectivity index (χ2v) is 11.7. The molecule has 2 aromatic heterocycles. The minimum atomic E-state index is -4.54. The van der Waals surface area contributed by atoms with Crippen LogP contribution in [-0.4, -0.2) is 60.1 Å². The average Bonchev–Trinajstić information content (AvgIpc) is 3.49. The SMILES string of the molecule is CCOc1ncccc1-c1ccc2c(n1)CN(C[C@H]1CCNC1)C(=O)C21CCN(c2ccc(Cl)cc2C(F)(F)F)CC1. The molecule has 0 saturated carbocycles. The molecule has 1 spiro atoms. The zero-order valence-electron chi connectivity index (χ0n) is 23.4. The predicted octanol–water partition coefficient (Wildman–Crippen LogP) is 5.70. The van der Waals surface area contributed by atoms with Gasteiger partial charge in [0.1, 0.15) is 0 Å². The van der Waals surface area contributed by atoms with Gasteiger partial charge < -0.3 is 19.9 Å². The molecule has 222 valence electrons. The number of carbonyl (C=O) groups is 1. The Labute approximate surface area is 248 Å². The highest BCUT2D eigenvalue weighted by molar-refractivity contribution is 6.30. The summed E-state index contributed by atoms with van der Waals surface area (Å²) in [5.74, 6) is 0.890. The van der Waals surface area contributed by atoms with Crippen molar-refractivity contribution < 1.29 is 22.7 Å². The fourth-order valence-electron chi connectivity index (χ4n) is 6.67. The topological polar surface area (TPSA) is 70.6 Å². The van der Waals surface area contributed by atoms with E-state index in [9.17, 15) is 18.0 Å². The Morgan fingerprint density at radius 1 is 1.17 bits per heavy atom. The largest absolute Gasteiger partial charge is 0.477 e. The number of aromatic nitrogens is 2. The zero-order valence-corrected chi connectivity index (χ0v) is 24.1. The third kappa shape index (κ3) is 5.30. The number of pyridine rings is 2. The van der Waals surface area contributed by atoms with Crippen LogP contribution in [0.3, 0.4) is 0 Å². The lowest BCUT2D eigenvalue weighted by atomic mass is 9.68. The molecule has 1 aromatic carbocycles. The van der Waals surface area contributed by atoms with Crippen molar-refractivity contribution in [1.29, 1.82) is 0 Å². The summed E-state index contributed by atoms with van der Waals surface area (Å²) in [6.45, 7) is 5.76. The summed E-state index contributed by atoms with van der Waals surface area (Å²) in [6, 6.07) is 11.5. The smallest absolute Gasteiger partial charge is 0.418 e. The van der Waals surface area contributed by atoms with Crippen molar-refractivity contribution in [2.24, 2.45) is 5.92 Å². The molecule has 5 heterocycles. The van der Waals surface area contributed by atoms with Crippen LogP contribution in [0.4, 0.5) is 18.9 Å². The van der Waals surface area contributed by atoms with Crippen LogP contribution >= 0.6 is 11.6 Å². The van der Waals surface area contributed by atoms with Crippen molar-refractivity contribution in [2.75, 3.05) is 44.2 Å².